The molecule has 0 aromatic carbocycles. The quantitative estimate of drug-likeness (QED) is 0.535. The largest absolute Gasteiger partial charge is 0.369 e. The third-order valence-electron chi connectivity index (χ3n) is 1.85. The van der Waals surface area contributed by atoms with Crippen LogP contribution < -0.4 is 0 Å². The van der Waals surface area contributed by atoms with Crippen molar-refractivity contribution in [2.45, 2.75) is 26.8 Å². The Kier molecular flexibility index (Phi) is 2.15. The van der Waals surface area contributed by atoms with Gasteiger partial charge in [-0.05, 0) is 26.8 Å². The van der Waals surface area contributed by atoms with Crippen molar-refractivity contribution in [2.24, 2.45) is 0 Å². The van der Waals surface area contributed by atoms with Crippen molar-refractivity contribution in [3.05, 3.63) is 23.9 Å². The minimum atomic E-state index is 0.626. The van der Waals surface area contributed by atoms with Gasteiger partial charge in [-0.25, -0.2) is 0 Å². The van der Waals surface area contributed by atoms with Gasteiger partial charge in [-0.1, -0.05) is 12.2 Å². The molecule has 1 aliphatic heterocycles. The first-order valence-electron chi connectivity index (χ1n) is 3.82. The molecule has 56 valence electrons. The Bertz CT molecular complexity index is 166. The van der Waals surface area contributed by atoms with E-state index in [1.165, 1.54) is 5.70 Å². The maximum Gasteiger partial charge on any atom is 0.0362 e. The minimum absolute atomic E-state index is 0.626. The number of hydrogen-bond donors (Lipinski definition) is 0. The minimum Gasteiger partial charge on any atom is -0.369 e. The fraction of sp³-hybridized carbons (Fsp3) is 0.556. The summed E-state index contributed by atoms with van der Waals surface area (Å²) in [5, 5.41) is 0. The number of hydrogen-bond acceptors (Lipinski definition) is 1. The standard InChI is InChI=1S/C9H15N/c1-8(2)10-7-5-4-6-9(10)3/h4-6,8H,7H2,1-3H3. The summed E-state index contributed by atoms with van der Waals surface area (Å²) in [6.07, 6.45) is 6.46. The predicted octanol–water partition coefficient (Wildman–Crippen LogP) is 2.17. The molecule has 0 aromatic heterocycles. The zero-order chi connectivity index (χ0) is 7.56. The summed E-state index contributed by atoms with van der Waals surface area (Å²) in [6, 6.07) is 0.626. The fourth-order valence-corrected chi connectivity index (χ4v) is 1.24. The van der Waals surface area contributed by atoms with Gasteiger partial charge in [-0.2, -0.15) is 0 Å². The second kappa shape index (κ2) is 2.91. The molecule has 0 spiro atoms. The van der Waals surface area contributed by atoms with Crippen molar-refractivity contribution in [1.82, 2.24) is 4.90 Å². The van der Waals surface area contributed by atoms with Gasteiger partial charge in [0.25, 0.3) is 0 Å². The number of rotatable bonds is 1. The van der Waals surface area contributed by atoms with Gasteiger partial charge in [0.15, 0.2) is 0 Å². The molecular weight excluding hydrogens is 122 g/mol. The van der Waals surface area contributed by atoms with Crippen LogP contribution in [0.15, 0.2) is 23.9 Å². The average molecular weight is 137 g/mol. The van der Waals surface area contributed by atoms with Gasteiger partial charge in [0, 0.05) is 18.3 Å². The van der Waals surface area contributed by atoms with E-state index in [1.807, 2.05) is 0 Å². The molecule has 0 fully saturated rings. The molecule has 1 nitrogen and oxygen atoms in total. The van der Waals surface area contributed by atoms with Gasteiger partial charge in [-0.15, -0.1) is 0 Å². The number of nitrogens with zero attached hydrogens (tertiary/aromatic N) is 1. The van der Waals surface area contributed by atoms with Gasteiger partial charge in [0.05, 0.1) is 0 Å². The monoisotopic (exact) mass is 137 g/mol. The molecular formula is C9H15N. The Morgan fingerprint density at radius 2 is 2.20 bits per heavy atom. The van der Waals surface area contributed by atoms with Crippen molar-refractivity contribution in [3.8, 4) is 0 Å². The van der Waals surface area contributed by atoms with Gasteiger partial charge < -0.3 is 4.90 Å². The first kappa shape index (κ1) is 7.39. The van der Waals surface area contributed by atoms with Crippen LogP contribution in [0, 0.1) is 0 Å². The van der Waals surface area contributed by atoms with E-state index in [0.29, 0.717) is 6.04 Å². The molecule has 0 aliphatic carbocycles. The Balaban J connectivity index is 2.64. The smallest absolute Gasteiger partial charge is 0.0362 e. The molecule has 0 saturated heterocycles. The van der Waals surface area contributed by atoms with E-state index in [4.69, 9.17) is 0 Å². The molecule has 0 amide bonds. The highest BCUT2D eigenvalue weighted by Crippen LogP contribution is 2.11. The van der Waals surface area contributed by atoms with Crippen LogP contribution >= 0.6 is 0 Å². The molecule has 0 atom stereocenters. The zero-order valence-corrected chi connectivity index (χ0v) is 6.96. The van der Waals surface area contributed by atoms with Gasteiger partial charge >= 0.3 is 0 Å². The lowest BCUT2D eigenvalue weighted by atomic mass is 10.2. The summed E-state index contributed by atoms with van der Waals surface area (Å²) in [6.45, 7) is 7.66. The van der Waals surface area contributed by atoms with Crippen LogP contribution in [0.1, 0.15) is 20.8 Å². The Morgan fingerprint density at radius 1 is 1.50 bits per heavy atom. The van der Waals surface area contributed by atoms with Crippen LogP contribution in [-0.4, -0.2) is 17.5 Å². The Hall–Kier alpha value is -0.720. The summed E-state index contributed by atoms with van der Waals surface area (Å²) in [4.78, 5) is 2.38. The highest BCUT2D eigenvalue weighted by Gasteiger charge is 2.08. The lowest BCUT2D eigenvalue weighted by Crippen LogP contribution is -2.30. The topological polar surface area (TPSA) is 3.24 Å². The second-order valence-corrected chi connectivity index (χ2v) is 2.98. The first-order chi connectivity index (χ1) is 4.72. The highest BCUT2D eigenvalue weighted by molar-refractivity contribution is 5.16. The molecule has 0 aromatic rings. The van der Waals surface area contributed by atoms with E-state index in [2.05, 4.69) is 43.9 Å². The van der Waals surface area contributed by atoms with Crippen molar-refractivity contribution in [3.63, 3.8) is 0 Å². The van der Waals surface area contributed by atoms with Gasteiger partial charge in [-0.3, -0.25) is 0 Å². The van der Waals surface area contributed by atoms with E-state index < -0.39 is 0 Å². The molecule has 0 radical (unpaired) electrons. The van der Waals surface area contributed by atoms with Crippen LogP contribution in [-0.2, 0) is 0 Å². The molecule has 1 heterocycles. The molecule has 1 heteroatoms. The van der Waals surface area contributed by atoms with Crippen LogP contribution in [0.4, 0.5) is 0 Å². The second-order valence-electron chi connectivity index (χ2n) is 2.98. The Labute approximate surface area is 63.0 Å². The Morgan fingerprint density at radius 3 is 2.60 bits per heavy atom. The molecule has 1 rings (SSSR count). The fourth-order valence-electron chi connectivity index (χ4n) is 1.24. The molecule has 1 aliphatic rings. The van der Waals surface area contributed by atoms with Crippen LogP contribution in [0.5, 0.6) is 0 Å². The van der Waals surface area contributed by atoms with Crippen molar-refractivity contribution in [1.29, 1.82) is 0 Å². The third-order valence-corrected chi connectivity index (χ3v) is 1.85. The molecule has 0 unspecified atom stereocenters. The maximum atomic E-state index is 2.38. The lowest BCUT2D eigenvalue weighted by Gasteiger charge is -2.29. The third kappa shape index (κ3) is 1.41. The van der Waals surface area contributed by atoms with Crippen molar-refractivity contribution >= 4 is 0 Å². The first-order valence-corrected chi connectivity index (χ1v) is 3.82. The van der Waals surface area contributed by atoms with E-state index >= 15 is 0 Å². The van der Waals surface area contributed by atoms with Gasteiger partial charge in [0.2, 0.25) is 0 Å². The van der Waals surface area contributed by atoms with Gasteiger partial charge in [0.1, 0.15) is 0 Å². The number of allylic oxidation sites excluding steroid dienone is 3. The van der Waals surface area contributed by atoms with E-state index in [0.717, 1.165) is 6.54 Å². The van der Waals surface area contributed by atoms with E-state index in [9.17, 15) is 0 Å². The predicted molar refractivity (Wildman–Crippen MR) is 44.7 cm³/mol. The summed E-state index contributed by atoms with van der Waals surface area (Å²) >= 11 is 0. The van der Waals surface area contributed by atoms with Crippen LogP contribution in [0.2, 0.25) is 0 Å². The summed E-state index contributed by atoms with van der Waals surface area (Å²) in [5.41, 5.74) is 1.37. The molecule has 0 bridgehead atoms. The van der Waals surface area contributed by atoms with Crippen molar-refractivity contribution in [2.75, 3.05) is 6.54 Å². The maximum absolute atomic E-state index is 2.38. The van der Waals surface area contributed by atoms with E-state index in [1.54, 1.807) is 0 Å². The lowest BCUT2D eigenvalue weighted by molar-refractivity contribution is 0.310. The van der Waals surface area contributed by atoms with Crippen molar-refractivity contribution < 1.29 is 0 Å². The molecule has 10 heavy (non-hydrogen) atoms. The van der Waals surface area contributed by atoms with E-state index in [-0.39, 0.29) is 0 Å². The SMILES string of the molecule is CC1=CC=CCN1C(C)C. The average Bonchev–Trinajstić information content (AvgIpc) is 1.88. The summed E-state index contributed by atoms with van der Waals surface area (Å²) < 4.78 is 0. The summed E-state index contributed by atoms with van der Waals surface area (Å²) in [5.74, 6) is 0. The molecule has 0 saturated carbocycles. The summed E-state index contributed by atoms with van der Waals surface area (Å²) in [7, 11) is 0. The zero-order valence-electron chi connectivity index (χ0n) is 6.96. The van der Waals surface area contributed by atoms with Crippen LogP contribution in [0.25, 0.3) is 0 Å². The van der Waals surface area contributed by atoms with Crippen LogP contribution in [0.3, 0.4) is 0 Å². The highest BCUT2D eigenvalue weighted by atomic mass is 15.2. The molecule has 0 N–H and O–H groups in total. The normalized spacial score (nSPS) is 18.0.